The first kappa shape index (κ1) is 18.3. The zero-order chi connectivity index (χ0) is 15.3. The molecule has 1 aromatic carbocycles. The van der Waals surface area contributed by atoms with E-state index in [2.05, 4.69) is 6.92 Å². The molecule has 1 rings (SSSR count). The van der Waals surface area contributed by atoms with Gasteiger partial charge < -0.3 is 10.5 Å². The summed E-state index contributed by atoms with van der Waals surface area (Å²) in [4.78, 5) is 0. The molecule has 0 bridgehead atoms. The molecule has 0 saturated carbocycles. The minimum atomic E-state index is 0.115. The molecule has 2 N–H and O–H groups in total. The van der Waals surface area contributed by atoms with E-state index in [-0.39, 0.29) is 6.04 Å². The maximum absolute atomic E-state index is 6.08. The molecule has 1 atom stereocenters. The van der Waals surface area contributed by atoms with E-state index in [1.807, 2.05) is 24.3 Å². The van der Waals surface area contributed by atoms with E-state index in [0.29, 0.717) is 11.6 Å². The Labute approximate surface area is 135 Å². The van der Waals surface area contributed by atoms with Crippen molar-refractivity contribution in [1.82, 2.24) is 0 Å². The van der Waals surface area contributed by atoms with E-state index in [4.69, 9.17) is 22.1 Å². The molecule has 1 unspecified atom stereocenters. The topological polar surface area (TPSA) is 35.2 Å². The molecular weight excluding hydrogens is 282 g/mol. The Balaban J connectivity index is 1.97. The minimum Gasteiger partial charge on any atom is -0.492 e. The fraction of sp³-hybridized carbons (Fsp3) is 0.667. The van der Waals surface area contributed by atoms with Gasteiger partial charge in [0.25, 0.3) is 0 Å². The Hall–Kier alpha value is -0.730. The second-order valence-corrected chi connectivity index (χ2v) is 6.23. The van der Waals surface area contributed by atoms with Crippen LogP contribution in [0.5, 0.6) is 5.75 Å². The summed E-state index contributed by atoms with van der Waals surface area (Å²) in [7, 11) is 0. The summed E-state index contributed by atoms with van der Waals surface area (Å²) in [6, 6.07) is 7.58. The molecule has 3 heteroatoms. The average molecular weight is 312 g/mol. The van der Waals surface area contributed by atoms with E-state index < -0.39 is 0 Å². The summed E-state index contributed by atoms with van der Waals surface area (Å²) in [6.07, 6.45) is 11.7. The second-order valence-electron chi connectivity index (χ2n) is 5.79. The van der Waals surface area contributed by atoms with Crippen LogP contribution < -0.4 is 10.5 Å². The van der Waals surface area contributed by atoms with Gasteiger partial charge in [-0.05, 0) is 24.6 Å². The number of ether oxygens (including phenoxy) is 1. The predicted molar refractivity (Wildman–Crippen MR) is 92.1 cm³/mol. The third-order valence-corrected chi connectivity index (χ3v) is 3.92. The van der Waals surface area contributed by atoms with Crippen molar-refractivity contribution >= 4 is 11.6 Å². The van der Waals surface area contributed by atoms with Gasteiger partial charge in [0.05, 0.1) is 0 Å². The molecule has 0 radical (unpaired) electrons. The summed E-state index contributed by atoms with van der Waals surface area (Å²) < 4.78 is 5.66. The van der Waals surface area contributed by atoms with Gasteiger partial charge in [-0.1, -0.05) is 76.0 Å². The van der Waals surface area contributed by atoms with Crippen LogP contribution in [-0.2, 0) is 0 Å². The molecule has 120 valence electrons. The molecule has 0 saturated heterocycles. The lowest BCUT2D eigenvalue weighted by molar-refractivity contribution is 0.279. The third-order valence-electron chi connectivity index (χ3n) is 3.69. The van der Waals surface area contributed by atoms with Crippen LogP contribution in [-0.4, -0.2) is 12.6 Å². The fourth-order valence-electron chi connectivity index (χ4n) is 2.38. The summed E-state index contributed by atoms with van der Waals surface area (Å²) in [5.41, 5.74) is 6.08. The Bertz CT molecular complexity index is 370. The Morgan fingerprint density at radius 1 is 1.05 bits per heavy atom. The van der Waals surface area contributed by atoms with Crippen LogP contribution in [0.3, 0.4) is 0 Å². The van der Waals surface area contributed by atoms with Crippen molar-refractivity contribution in [3.8, 4) is 5.75 Å². The largest absolute Gasteiger partial charge is 0.492 e. The molecule has 21 heavy (non-hydrogen) atoms. The quantitative estimate of drug-likeness (QED) is 0.512. The summed E-state index contributed by atoms with van der Waals surface area (Å²) in [6.45, 7) is 2.82. The molecule has 0 spiro atoms. The van der Waals surface area contributed by atoms with Crippen molar-refractivity contribution in [3.63, 3.8) is 0 Å². The number of hydrogen-bond acceptors (Lipinski definition) is 2. The summed E-state index contributed by atoms with van der Waals surface area (Å²) in [5, 5.41) is 0.698. The first-order valence-electron chi connectivity index (χ1n) is 8.36. The first-order chi connectivity index (χ1) is 10.2. The lowest BCUT2D eigenvalue weighted by atomic mass is 10.1. The van der Waals surface area contributed by atoms with Crippen molar-refractivity contribution in [1.29, 1.82) is 0 Å². The lowest BCUT2D eigenvalue weighted by Crippen LogP contribution is -2.27. The standard InChI is InChI=1S/C18H30ClNO/c1-2-3-4-5-6-7-8-9-12-17(20)15-21-18-13-10-11-16(19)14-18/h10-11,13-14,17H,2-9,12,15,20H2,1H3. The van der Waals surface area contributed by atoms with Crippen LogP contribution in [0.2, 0.25) is 5.02 Å². The van der Waals surface area contributed by atoms with E-state index in [1.165, 1.54) is 51.4 Å². The normalized spacial score (nSPS) is 12.3. The number of unbranched alkanes of at least 4 members (excludes halogenated alkanes) is 7. The highest BCUT2D eigenvalue weighted by Crippen LogP contribution is 2.17. The number of benzene rings is 1. The van der Waals surface area contributed by atoms with Crippen molar-refractivity contribution in [2.45, 2.75) is 70.8 Å². The summed E-state index contributed by atoms with van der Waals surface area (Å²) >= 11 is 5.91. The molecular formula is C18H30ClNO. The van der Waals surface area contributed by atoms with Gasteiger partial charge in [-0.3, -0.25) is 0 Å². The van der Waals surface area contributed by atoms with Gasteiger partial charge in [-0.25, -0.2) is 0 Å². The molecule has 0 aliphatic heterocycles. The minimum absolute atomic E-state index is 0.115. The average Bonchev–Trinajstić information content (AvgIpc) is 2.48. The maximum atomic E-state index is 6.08. The monoisotopic (exact) mass is 311 g/mol. The highest BCUT2D eigenvalue weighted by Gasteiger charge is 2.04. The zero-order valence-corrected chi connectivity index (χ0v) is 14.1. The van der Waals surface area contributed by atoms with Gasteiger partial charge in [0.1, 0.15) is 12.4 Å². The van der Waals surface area contributed by atoms with Gasteiger partial charge in [0.2, 0.25) is 0 Å². The van der Waals surface area contributed by atoms with Crippen LogP contribution >= 0.6 is 11.6 Å². The first-order valence-corrected chi connectivity index (χ1v) is 8.74. The molecule has 1 aromatic rings. The van der Waals surface area contributed by atoms with Crippen molar-refractivity contribution in [3.05, 3.63) is 29.3 Å². The maximum Gasteiger partial charge on any atom is 0.120 e. The van der Waals surface area contributed by atoms with Gasteiger partial charge in [-0.15, -0.1) is 0 Å². The number of rotatable bonds is 12. The molecule has 0 aliphatic carbocycles. The zero-order valence-electron chi connectivity index (χ0n) is 13.3. The van der Waals surface area contributed by atoms with Crippen LogP contribution in [0, 0.1) is 0 Å². The van der Waals surface area contributed by atoms with Crippen molar-refractivity contribution in [2.75, 3.05) is 6.61 Å². The van der Waals surface area contributed by atoms with Crippen LogP contribution in [0.15, 0.2) is 24.3 Å². The van der Waals surface area contributed by atoms with Gasteiger partial charge in [0.15, 0.2) is 0 Å². The molecule has 0 fully saturated rings. The SMILES string of the molecule is CCCCCCCCCCC(N)COc1cccc(Cl)c1. The van der Waals surface area contributed by atoms with Gasteiger partial charge in [-0.2, -0.15) is 0 Å². The lowest BCUT2D eigenvalue weighted by Gasteiger charge is -2.13. The molecule has 0 aromatic heterocycles. The summed E-state index contributed by atoms with van der Waals surface area (Å²) in [5.74, 6) is 0.800. The van der Waals surface area contributed by atoms with Crippen LogP contribution in [0.1, 0.15) is 64.7 Å². The van der Waals surface area contributed by atoms with E-state index >= 15 is 0 Å². The smallest absolute Gasteiger partial charge is 0.120 e. The Morgan fingerprint density at radius 3 is 2.38 bits per heavy atom. The number of hydrogen-bond donors (Lipinski definition) is 1. The molecule has 0 aliphatic rings. The highest BCUT2D eigenvalue weighted by molar-refractivity contribution is 6.30. The predicted octanol–water partition coefficient (Wildman–Crippen LogP) is 5.58. The third kappa shape index (κ3) is 9.76. The Morgan fingerprint density at radius 2 is 1.71 bits per heavy atom. The molecule has 2 nitrogen and oxygen atoms in total. The van der Waals surface area contributed by atoms with Gasteiger partial charge in [0, 0.05) is 11.1 Å². The fourth-order valence-corrected chi connectivity index (χ4v) is 2.56. The van der Waals surface area contributed by atoms with Crippen LogP contribution in [0.25, 0.3) is 0 Å². The molecule has 0 amide bonds. The second kappa shape index (κ2) is 11.9. The van der Waals surface area contributed by atoms with Crippen molar-refractivity contribution < 1.29 is 4.74 Å². The van der Waals surface area contributed by atoms with Crippen LogP contribution in [0.4, 0.5) is 0 Å². The molecule has 0 heterocycles. The van der Waals surface area contributed by atoms with Crippen molar-refractivity contribution in [2.24, 2.45) is 5.73 Å². The number of nitrogens with two attached hydrogens (primary N) is 1. The van der Waals surface area contributed by atoms with E-state index in [1.54, 1.807) is 0 Å². The highest BCUT2D eigenvalue weighted by atomic mass is 35.5. The van der Waals surface area contributed by atoms with Gasteiger partial charge >= 0.3 is 0 Å². The Kier molecular flexibility index (Phi) is 10.4. The van der Waals surface area contributed by atoms with E-state index in [9.17, 15) is 0 Å². The van der Waals surface area contributed by atoms with E-state index in [0.717, 1.165) is 12.2 Å². The number of halogens is 1.